The molecule has 0 aliphatic heterocycles. The molecule has 6 heteroatoms. The van der Waals surface area contributed by atoms with Crippen LogP contribution in [-0.4, -0.2) is 4.98 Å². The Labute approximate surface area is 141 Å². The highest BCUT2D eigenvalue weighted by molar-refractivity contribution is 7.11. The summed E-state index contributed by atoms with van der Waals surface area (Å²) in [6.07, 6.45) is 1.49. The van der Waals surface area contributed by atoms with Crippen LogP contribution in [0.1, 0.15) is 5.01 Å². The zero-order valence-electron chi connectivity index (χ0n) is 12.3. The van der Waals surface area contributed by atoms with Gasteiger partial charge in [0.15, 0.2) is 0 Å². The number of benzene rings is 2. The molecule has 0 aliphatic rings. The van der Waals surface area contributed by atoms with Crippen LogP contribution in [-0.2, 0) is 0 Å². The number of thiazole rings is 1. The molecule has 24 heavy (non-hydrogen) atoms. The summed E-state index contributed by atoms with van der Waals surface area (Å²) in [5, 5.41) is 14.5. The van der Waals surface area contributed by atoms with Gasteiger partial charge in [-0.1, -0.05) is 6.07 Å². The smallest absolute Gasteiger partial charge is 0.136 e. The zero-order chi connectivity index (χ0) is 16.9. The molecule has 3 aromatic rings. The van der Waals surface area contributed by atoms with Gasteiger partial charge in [-0.05, 0) is 42.5 Å². The van der Waals surface area contributed by atoms with Crippen LogP contribution < -0.4 is 5.32 Å². The molecule has 0 saturated heterocycles. The van der Waals surface area contributed by atoms with Crippen molar-refractivity contribution in [2.24, 2.45) is 0 Å². The van der Waals surface area contributed by atoms with Crippen LogP contribution in [0, 0.1) is 23.0 Å². The van der Waals surface area contributed by atoms with Crippen LogP contribution in [0.5, 0.6) is 0 Å². The van der Waals surface area contributed by atoms with Crippen molar-refractivity contribution in [3.8, 4) is 17.3 Å². The Bertz CT molecular complexity index is 924. The molecule has 0 saturated carbocycles. The lowest BCUT2D eigenvalue weighted by molar-refractivity contribution is 0.628. The van der Waals surface area contributed by atoms with E-state index in [9.17, 15) is 14.0 Å². The topological polar surface area (TPSA) is 48.7 Å². The first-order valence-electron chi connectivity index (χ1n) is 7.00. The van der Waals surface area contributed by atoms with E-state index in [-0.39, 0.29) is 11.6 Å². The van der Waals surface area contributed by atoms with Gasteiger partial charge in [0.1, 0.15) is 28.3 Å². The Morgan fingerprint density at radius 3 is 2.62 bits per heavy atom. The molecule has 3 rings (SSSR count). The van der Waals surface area contributed by atoms with Gasteiger partial charge in [0, 0.05) is 22.8 Å². The largest absolute Gasteiger partial charge is 0.360 e. The summed E-state index contributed by atoms with van der Waals surface area (Å²) in [4.78, 5) is 4.40. The highest BCUT2D eigenvalue weighted by atomic mass is 32.1. The van der Waals surface area contributed by atoms with E-state index >= 15 is 0 Å². The highest BCUT2D eigenvalue weighted by Gasteiger charge is 2.09. The van der Waals surface area contributed by atoms with E-state index < -0.39 is 0 Å². The van der Waals surface area contributed by atoms with E-state index in [2.05, 4.69) is 16.4 Å². The number of hydrogen-bond acceptors (Lipinski definition) is 4. The molecule has 0 aliphatic carbocycles. The first kappa shape index (κ1) is 15.8. The molecule has 118 valence electrons. The molecule has 0 amide bonds. The number of nitriles is 1. The lowest BCUT2D eigenvalue weighted by atomic mass is 10.2. The number of hydrogen-bond donors (Lipinski definition) is 1. The monoisotopic (exact) mass is 339 g/mol. The van der Waals surface area contributed by atoms with Gasteiger partial charge in [0.2, 0.25) is 0 Å². The van der Waals surface area contributed by atoms with Gasteiger partial charge in [-0.25, -0.2) is 13.8 Å². The van der Waals surface area contributed by atoms with Crippen LogP contribution in [0.15, 0.2) is 60.1 Å². The Hall–Kier alpha value is -3.04. The molecule has 1 aromatic heterocycles. The molecule has 0 spiro atoms. The van der Waals surface area contributed by atoms with Crippen molar-refractivity contribution in [1.29, 1.82) is 5.26 Å². The number of anilines is 1. The third-order valence-electron chi connectivity index (χ3n) is 3.20. The highest BCUT2D eigenvalue weighted by Crippen LogP contribution is 2.26. The average Bonchev–Trinajstić information content (AvgIpc) is 3.06. The minimum Gasteiger partial charge on any atom is -0.360 e. The van der Waals surface area contributed by atoms with Gasteiger partial charge in [-0.3, -0.25) is 0 Å². The first-order valence-corrected chi connectivity index (χ1v) is 7.88. The molecule has 1 heterocycles. The minimum atomic E-state index is -0.361. The molecule has 2 aromatic carbocycles. The molecule has 0 bridgehead atoms. The summed E-state index contributed by atoms with van der Waals surface area (Å²) in [6.45, 7) is 0. The number of nitrogens with one attached hydrogen (secondary N) is 1. The van der Waals surface area contributed by atoms with Crippen molar-refractivity contribution in [1.82, 2.24) is 4.98 Å². The summed E-state index contributed by atoms with van der Waals surface area (Å²) in [6, 6.07) is 14.0. The van der Waals surface area contributed by atoms with Gasteiger partial charge in [-0.2, -0.15) is 5.26 Å². The third-order valence-corrected chi connectivity index (χ3v) is 4.08. The molecule has 1 N–H and O–H groups in total. The predicted octanol–water partition coefficient (Wildman–Crippen LogP) is 5.06. The standard InChI is InChI=1S/C18H11F2N3S/c19-14-6-4-12(5-7-14)17-11-24-18(23-17)13(9-21)10-22-16-3-1-2-15(20)8-16/h1-8,10-11,22H/b13-10-. The summed E-state index contributed by atoms with van der Waals surface area (Å²) in [5.74, 6) is -0.675. The molecule has 0 atom stereocenters. The van der Waals surface area contributed by atoms with Crippen LogP contribution in [0.3, 0.4) is 0 Å². The Morgan fingerprint density at radius 2 is 1.92 bits per heavy atom. The van der Waals surface area contributed by atoms with Gasteiger partial charge >= 0.3 is 0 Å². The summed E-state index contributed by atoms with van der Waals surface area (Å²) < 4.78 is 26.1. The van der Waals surface area contributed by atoms with Crippen molar-refractivity contribution in [3.05, 3.63) is 76.8 Å². The fourth-order valence-corrected chi connectivity index (χ4v) is 2.82. The Kier molecular flexibility index (Phi) is 4.64. The normalized spacial score (nSPS) is 11.1. The lowest BCUT2D eigenvalue weighted by Crippen LogP contribution is -1.91. The van der Waals surface area contributed by atoms with Gasteiger partial charge in [0.25, 0.3) is 0 Å². The van der Waals surface area contributed by atoms with Crippen LogP contribution >= 0.6 is 11.3 Å². The maximum Gasteiger partial charge on any atom is 0.136 e. The molecule has 0 unspecified atom stereocenters. The summed E-state index contributed by atoms with van der Waals surface area (Å²) in [5.41, 5.74) is 2.31. The first-order chi connectivity index (χ1) is 11.7. The van der Waals surface area contributed by atoms with Crippen molar-refractivity contribution in [2.75, 3.05) is 5.32 Å². The van der Waals surface area contributed by atoms with Crippen molar-refractivity contribution >= 4 is 22.6 Å². The maximum atomic E-state index is 13.2. The van der Waals surface area contributed by atoms with Gasteiger partial charge in [0.05, 0.1) is 5.69 Å². The Morgan fingerprint density at radius 1 is 1.12 bits per heavy atom. The van der Waals surface area contributed by atoms with E-state index in [0.29, 0.717) is 22.0 Å². The van der Waals surface area contributed by atoms with E-state index in [4.69, 9.17) is 0 Å². The predicted molar refractivity (Wildman–Crippen MR) is 91.1 cm³/mol. The van der Waals surface area contributed by atoms with Crippen LogP contribution in [0.2, 0.25) is 0 Å². The number of halogens is 2. The lowest BCUT2D eigenvalue weighted by Gasteiger charge is -2.01. The molecular formula is C18H11F2N3S. The second kappa shape index (κ2) is 7.02. The second-order valence-corrected chi connectivity index (χ2v) is 5.73. The minimum absolute atomic E-state index is 0.314. The number of aromatic nitrogens is 1. The molecule has 3 nitrogen and oxygen atoms in total. The number of nitrogens with zero attached hydrogens (tertiary/aromatic N) is 2. The molecule has 0 fully saturated rings. The fraction of sp³-hybridized carbons (Fsp3) is 0. The summed E-state index contributed by atoms with van der Waals surface area (Å²) in [7, 11) is 0. The second-order valence-electron chi connectivity index (χ2n) is 4.87. The number of rotatable bonds is 4. The average molecular weight is 339 g/mol. The maximum absolute atomic E-state index is 13.2. The van der Waals surface area contributed by atoms with Gasteiger partial charge < -0.3 is 5.32 Å². The van der Waals surface area contributed by atoms with E-state index in [1.807, 2.05) is 0 Å². The van der Waals surface area contributed by atoms with E-state index in [1.54, 1.807) is 29.6 Å². The van der Waals surface area contributed by atoms with Crippen LogP contribution in [0.25, 0.3) is 16.8 Å². The number of allylic oxidation sites excluding steroid dienone is 1. The zero-order valence-corrected chi connectivity index (χ0v) is 13.1. The van der Waals surface area contributed by atoms with E-state index in [0.717, 1.165) is 5.56 Å². The summed E-state index contributed by atoms with van der Waals surface area (Å²) >= 11 is 1.31. The quantitative estimate of drug-likeness (QED) is 0.676. The Balaban J connectivity index is 1.82. The SMILES string of the molecule is N#C/C(=C/Nc1cccc(F)c1)c1nc(-c2ccc(F)cc2)cs1. The molecule has 0 radical (unpaired) electrons. The van der Waals surface area contributed by atoms with Crippen molar-refractivity contribution in [3.63, 3.8) is 0 Å². The fourth-order valence-electron chi connectivity index (χ4n) is 2.03. The van der Waals surface area contributed by atoms with Gasteiger partial charge in [-0.15, -0.1) is 11.3 Å². The van der Waals surface area contributed by atoms with Crippen molar-refractivity contribution < 1.29 is 8.78 Å². The van der Waals surface area contributed by atoms with Crippen LogP contribution in [0.4, 0.5) is 14.5 Å². The molecular weight excluding hydrogens is 328 g/mol. The van der Waals surface area contributed by atoms with Crippen molar-refractivity contribution in [2.45, 2.75) is 0 Å². The van der Waals surface area contributed by atoms with E-state index in [1.165, 1.54) is 41.8 Å². The third kappa shape index (κ3) is 3.65.